The summed E-state index contributed by atoms with van der Waals surface area (Å²) >= 11 is 23.8. The van der Waals surface area contributed by atoms with Crippen LogP contribution < -0.4 is 0 Å². The molecular weight excluding hydrogens is 282 g/mol. The van der Waals surface area contributed by atoms with E-state index in [4.69, 9.17) is 55.9 Å². The highest BCUT2D eigenvalue weighted by molar-refractivity contribution is 6.53. The molecule has 0 aromatic carbocycles. The summed E-state index contributed by atoms with van der Waals surface area (Å²) in [5.41, 5.74) is 0. The van der Waals surface area contributed by atoms with Gasteiger partial charge >= 0.3 is 0 Å². The highest BCUT2D eigenvalue weighted by atomic mass is 35.5. The molecule has 0 bridgehead atoms. The van der Waals surface area contributed by atoms with Crippen molar-refractivity contribution in [3.05, 3.63) is 20.1 Å². The summed E-state index contributed by atoms with van der Waals surface area (Å²) in [6.07, 6.45) is 0. The van der Waals surface area contributed by atoms with Crippen molar-refractivity contribution in [3.8, 4) is 0 Å². The standard InChI is InChI=1S/C9H10Cl4O2/c1-3-14-9(15-4-2)7(12)5(10)6(11)8(9)13/h3-4H2,1-2H3. The van der Waals surface area contributed by atoms with E-state index in [9.17, 15) is 0 Å². The second-order valence-corrected chi connectivity index (χ2v) is 4.25. The number of hydrogen-bond acceptors (Lipinski definition) is 2. The van der Waals surface area contributed by atoms with Crippen LogP contribution in [0.15, 0.2) is 20.1 Å². The largest absolute Gasteiger partial charge is 0.341 e. The van der Waals surface area contributed by atoms with Gasteiger partial charge in [0.2, 0.25) is 5.79 Å². The Morgan fingerprint density at radius 2 is 1.20 bits per heavy atom. The molecule has 1 aliphatic carbocycles. The van der Waals surface area contributed by atoms with Crippen molar-refractivity contribution in [1.82, 2.24) is 0 Å². The van der Waals surface area contributed by atoms with Crippen LogP contribution in [0.3, 0.4) is 0 Å². The average molecular weight is 292 g/mol. The van der Waals surface area contributed by atoms with Crippen LogP contribution in [0.25, 0.3) is 0 Å². The zero-order valence-electron chi connectivity index (χ0n) is 8.24. The molecule has 0 saturated heterocycles. The fraction of sp³-hybridized carbons (Fsp3) is 0.556. The number of hydrogen-bond donors (Lipinski definition) is 0. The fourth-order valence-corrected chi connectivity index (χ4v) is 2.46. The van der Waals surface area contributed by atoms with Gasteiger partial charge in [-0.15, -0.1) is 0 Å². The molecule has 2 nitrogen and oxygen atoms in total. The Morgan fingerprint density at radius 3 is 1.47 bits per heavy atom. The van der Waals surface area contributed by atoms with Gasteiger partial charge in [-0.25, -0.2) is 0 Å². The van der Waals surface area contributed by atoms with Crippen molar-refractivity contribution in [2.45, 2.75) is 19.6 Å². The molecule has 15 heavy (non-hydrogen) atoms. The molecule has 0 atom stereocenters. The van der Waals surface area contributed by atoms with Crippen LogP contribution in [0.4, 0.5) is 0 Å². The third kappa shape index (κ3) is 2.17. The fourth-order valence-electron chi connectivity index (χ4n) is 1.28. The molecule has 0 N–H and O–H groups in total. The van der Waals surface area contributed by atoms with Gasteiger partial charge in [0.25, 0.3) is 0 Å². The van der Waals surface area contributed by atoms with Gasteiger partial charge in [-0.2, -0.15) is 0 Å². The highest BCUT2D eigenvalue weighted by Gasteiger charge is 2.48. The van der Waals surface area contributed by atoms with E-state index in [1.807, 2.05) is 0 Å². The molecule has 0 unspecified atom stereocenters. The Morgan fingerprint density at radius 1 is 0.867 bits per heavy atom. The van der Waals surface area contributed by atoms with Gasteiger partial charge in [0, 0.05) is 13.2 Å². The van der Waals surface area contributed by atoms with Crippen molar-refractivity contribution >= 4 is 46.4 Å². The van der Waals surface area contributed by atoms with E-state index in [1.165, 1.54) is 0 Å². The first-order chi connectivity index (χ1) is 7.01. The van der Waals surface area contributed by atoms with E-state index in [0.717, 1.165) is 0 Å². The summed E-state index contributed by atoms with van der Waals surface area (Å²) in [5, 5.41) is 0.682. The maximum Gasteiger partial charge on any atom is 0.247 e. The van der Waals surface area contributed by atoms with Crippen molar-refractivity contribution in [3.63, 3.8) is 0 Å². The summed E-state index contributed by atoms with van der Waals surface area (Å²) in [4.78, 5) is 0. The van der Waals surface area contributed by atoms with Crippen LogP contribution in [0.1, 0.15) is 13.8 Å². The smallest absolute Gasteiger partial charge is 0.247 e. The van der Waals surface area contributed by atoms with Gasteiger partial charge in [0.1, 0.15) is 10.1 Å². The predicted octanol–water partition coefficient (Wildman–Crippen LogP) is 4.15. The molecule has 0 fully saturated rings. The lowest BCUT2D eigenvalue weighted by molar-refractivity contribution is -0.170. The van der Waals surface area contributed by atoms with E-state index in [2.05, 4.69) is 0 Å². The Balaban J connectivity index is 3.19. The number of halogens is 4. The van der Waals surface area contributed by atoms with Crippen molar-refractivity contribution in [1.29, 1.82) is 0 Å². The topological polar surface area (TPSA) is 18.5 Å². The van der Waals surface area contributed by atoms with Crippen LogP contribution in [-0.2, 0) is 9.47 Å². The first-order valence-electron chi connectivity index (χ1n) is 4.41. The van der Waals surface area contributed by atoms with Crippen molar-refractivity contribution in [2.24, 2.45) is 0 Å². The normalized spacial score (nSPS) is 20.4. The molecule has 0 amide bonds. The molecule has 0 aromatic rings. The average Bonchev–Trinajstić information content (AvgIpc) is 2.36. The van der Waals surface area contributed by atoms with Crippen LogP contribution in [0, 0.1) is 0 Å². The number of allylic oxidation sites excluding steroid dienone is 2. The maximum absolute atomic E-state index is 6.02. The van der Waals surface area contributed by atoms with E-state index in [0.29, 0.717) is 13.2 Å². The summed E-state index contributed by atoms with van der Waals surface area (Å²) in [7, 11) is 0. The molecule has 0 heterocycles. The molecular formula is C9H10Cl4O2. The molecule has 0 saturated carbocycles. The zero-order chi connectivity index (χ0) is 11.6. The SMILES string of the molecule is CCOC1(OCC)C(Cl)=C(Cl)C(Cl)=C1Cl. The summed E-state index contributed by atoms with van der Waals surface area (Å²) < 4.78 is 10.9. The summed E-state index contributed by atoms with van der Waals surface area (Å²) in [5.74, 6) is -1.32. The van der Waals surface area contributed by atoms with E-state index in [1.54, 1.807) is 13.8 Å². The Labute approximate surface area is 109 Å². The number of rotatable bonds is 4. The minimum absolute atomic E-state index is 0.169. The minimum atomic E-state index is -1.32. The Bertz CT molecular complexity index is 290. The van der Waals surface area contributed by atoms with Gasteiger partial charge < -0.3 is 9.47 Å². The lowest BCUT2D eigenvalue weighted by Gasteiger charge is -2.29. The van der Waals surface area contributed by atoms with Crippen LogP contribution in [-0.4, -0.2) is 19.0 Å². The van der Waals surface area contributed by atoms with Gasteiger partial charge in [0.15, 0.2) is 0 Å². The zero-order valence-corrected chi connectivity index (χ0v) is 11.3. The molecule has 1 aliphatic rings. The Kier molecular flexibility index (Phi) is 4.78. The second-order valence-electron chi connectivity index (χ2n) is 2.74. The molecule has 0 spiro atoms. The first kappa shape index (κ1) is 13.6. The molecule has 0 radical (unpaired) electrons. The lowest BCUT2D eigenvalue weighted by atomic mass is 10.3. The van der Waals surface area contributed by atoms with Crippen molar-refractivity contribution < 1.29 is 9.47 Å². The van der Waals surface area contributed by atoms with Gasteiger partial charge in [-0.05, 0) is 13.8 Å². The van der Waals surface area contributed by atoms with Crippen LogP contribution in [0.5, 0.6) is 0 Å². The first-order valence-corrected chi connectivity index (χ1v) is 5.92. The monoisotopic (exact) mass is 290 g/mol. The van der Waals surface area contributed by atoms with Crippen LogP contribution in [0.2, 0.25) is 0 Å². The summed E-state index contributed by atoms with van der Waals surface area (Å²) in [6.45, 7) is 4.35. The lowest BCUT2D eigenvalue weighted by Crippen LogP contribution is -2.36. The van der Waals surface area contributed by atoms with Gasteiger partial charge in [0.05, 0.1) is 10.1 Å². The Hall–Kier alpha value is 0.560. The quantitative estimate of drug-likeness (QED) is 0.725. The third-order valence-electron chi connectivity index (χ3n) is 1.85. The molecule has 0 aromatic heterocycles. The molecule has 86 valence electrons. The van der Waals surface area contributed by atoms with Crippen molar-refractivity contribution in [2.75, 3.05) is 13.2 Å². The molecule has 1 rings (SSSR count). The maximum atomic E-state index is 6.02. The molecule has 0 aliphatic heterocycles. The van der Waals surface area contributed by atoms with Crippen LogP contribution >= 0.6 is 46.4 Å². The second kappa shape index (κ2) is 5.26. The predicted molar refractivity (Wildman–Crippen MR) is 63.4 cm³/mol. The molecule has 6 heteroatoms. The third-order valence-corrected chi connectivity index (χ3v) is 3.77. The highest BCUT2D eigenvalue weighted by Crippen LogP contribution is 2.50. The minimum Gasteiger partial charge on any atom is -0.341 e. The van der Waals surface area contributed by atoms with E-state index >= 15 is 0 Å². The van der Waals surface area contributed by atoms with E-state index in [-0.39, 0.29) is 20.1 Å². The van der Waals surface area contributed by atoms with Gasteiger partial charge in [-0.3, -0.25) is 0 Å². The van der Waals surface area contributed by atoms with Gasteiger partial charge in [-0.1, -0.05) is 46.4 Å². The van der Waals surface area contributed by atoms with E-state index < -0.39 is 5.79 Å². The number of ether oxygens (including phenoxy) is 2. The summed E-state index contributed by atoms with van der Waals surface area (Å²) in [6, 6.07) is 0.